The Morgan fingerprint density at radius 3 is 2.52 bits per heavy atom. The number of aromatic amines is 1. The Bertz CT molecular complexity index is 904. The second kappa shape index (κ2) is 5.16. The van der Waals surface area contributed by atoms with Gasteiger partial charge < -0.3 is 9.55 Å². The Morgan fingerprint density at radius 1 is 1.24 bits per heavy atom. The highest BCUT2D eigenvalue weighted by Gasteiger charge is 2.13. The van der Waals surface area contributed by atoms with Gasteiger partial charge >= 0.3 is 0 Å². The van der Waals surface area contributed by atoms with Crippen LogP contribution in [0.1, 0.15) is 17.0 Å². The van der Waals surface area contributed by atoms with Gasteiger partial charge in [0, 0.05) is 18.3 Å². The smallest absolute Gasteiger partial charge is 0.178 e. The molecule has 21 heavy (non-hydrogen) atoms. The zero-order chi connectivity index (χ0) is 15.3. The van der Waals surface area contributed by atoms with Crippen LogP contribution in [0, 0.1) is 18.6 Å². The summed E-state index contributed by atoms with van der Waals surface area (Å²) in [6.07, 6.45) is 0. The van der Waals surface area contributed by atoms with Crippen LogP contribution < -0.4 is 0 Å². The summed E-state index contributed by atoms with van der Waals surface area (Å²) >= 11 is 17.6. The summed E-state index contributed by atoms with van der Waals surface area (Å²) in [6, 6.07) is 3.64. The molecule has 7 heteroatoms. The van der Waals surface area contributed by atoms with Gasteiger partial charge in [-0.3, -0.25) is 4.68 Å². The fourth-order valence-corrected chi connectivity index (χ4v) is 3.11. The van der Waals surface area contributed by atoms with Gasteiger partial charge in [0.1, 0.15) is 0 Å². The molecule has 0 aliphatic heterocycles. The zero-order valence-corrected chi connectivity index (χ0v) is 14.2. The normalized spacial score (nSPS) is 11.5. The second-order valence-corrected chi connectivity index (χ2v) is 6.27. The quantitative estimate of drug-likeness (QED) is 0.702. The van der Waals surface area contributed by atoms with Crippen LogP contribution in [0.4, 0.5) is 0 Å². The minimum Gasteiger partial charge on any atom is -0.331 e. The van der Waals surface area contributed by atoms with Crippen molar-refractivity contribution >= 4 is 46.5 Å². The second-order valence-electron chi connectivity index (χ2n) is 5.07. The molecule has 0 aliphatic rings. The number of hydrogen-bond donors (Lipinski definition) is 1. The summed E-state index contributed by atoms with van der Waals surface area (Å²) in [4.78, 5) is 3.17. The monoisotopic (exact) mass is 340 g/mol. The molecule has 0 spiro atoms. The van der Waals surface area contributed by atoms with E-state index >= 15 is 0 Å². The maximum atomic E-state index is 6.13. The first-order valence-electron chi connectivity index (χ1n) is 6.45. The number of nitrogens with zero attached hydrogens (tertiary/aromatic N) is 3. The largest absolute Gasteiger partial charge is 0.331 e. The Hall–Kier alpha value is -1.30. The molecule has 3 aromatic rings. The van der Waals surface area contributed by atoms with Gasteiger partial charge in [0.2, 0.25) is 0 Å². The molecule has 1 N–H and O–H groups in total. The van der Waals surface area contributed by atoms with Crippen LogP contribution in [0.25, 0.3) is 11.0 Å². The van der Waals surface area contributed by atoms with Gasteiger partial charge in [-0.25, -0.2) is 0 Å². The molecule has 0 saturated heterocycles. The molecule has 2 heterocycles. The highest BCUT2D eigenvalue weighted by atomic mass is 35.5. The van der Waals surface area contributed by atoms with E-state index in [1.54, 1.807) is 6.07 Å². The maximum absolute atomic E-state index is 6.13. The Morgan fingerprint density at radius 2 is 1.90 bits per heavy atom. The standard InChI is InChI=1S/C14H14Cl2N4S/c1-7-9(8(2)19(3)18-7)6-20-13-5-11(16)10(15)4-12(13)17-14(20)21/h4-5H,6H2,1-3H3,(H,17,21). The first kappa shape index (κ1) is 14.6. The lowest BCUT2D eigenvalue weighted by molar-refractivity contribution is 0.727. The Kier molecular flexibility index (Phi) is 3.59. The predicted octanol–water partition coefficient (Wildman–Crippen LogP) is 4.40. The Balaban J connectivity index is 2.19. The highest BCUT2D eigenvalue weighted by Crippen LogP contribution is 2.28. The summed E-state index contributed by atoms with van der Waals surface area (Å²) in [7, 11) is 1.94. The number of aromatic nitrogens is 4. The molecule has 110 valence electrons. The van der Waals surface area contributed by atoms with Gasteiger partial charge in [-0.15, -0.1) is 0 Å². The maximum Gasteiger partial charge on any atom is 0.178 e. The molecule has 4 nitrogen and oxygen atoms in total. The van der Waals surface area contributed by atoms with Crippen LogP contribution in [0.3, 0.4) is 0 Å². The van der Waals surface area contributed by atoms with Crippen molar-refractivity contribution in [3.05, 3.63) is 43.9 Å². The Labute approximate surface area is 137 Å². The number of fused-ring (bicyclic) bond motifs is 1. The van der Waals surface area contributed by atoms with Crippen LogP contribution >= 0.6 is 35.4 Å². The van der Waals surface area contributed by atoms with Crippen molar-refractivity contribution < 1.29 is 0 Å². The molecule has 2 aromatic heterocycles. The molecular formula is C14H14Cl2N4S. The summed E-state index contributed by atoms with van der Waals surface area (Å²) < 4.78 is 4.54. The SMILES string of the molecule is Cc1nn(C)c(C)c1Cn1c(=S)[nH]c2cc(Cl)c(Cl)cc21. The van der Waals surface area contributed by atoms with E-state index in [-0.39, 0.29) is 0 Å². The first-order chi connectivity index (χ1) is 9.88. The molecule has 0 amide bonds. The molecule has 0 bridgehead atoms. The van der Waals surface area contributed by atoms with Gasteiger partial charge in [-0.1, -0.05) is 23.2 Å². The lowest BCUT2D eigenvalue weighted by Crippen LogP contribution is -2.02. The third-order valence-electron chi connectivity index (χ3n) is 3.79. The molecule has 1 aromatic carbocycles. The topological polar surface area (TPSA) is 38.5 Å². The number of aryl methyl sites for hydroxylation is 2. The van der Waals surface area contributed by atoms with E-state index in [2.05, 4.69) is 17.0 Å². The van der Waals surface area contributed by atoms with Crippen molar-refractivity contribution in [3.8, 4) is 0 Å². The van der Waals surface area contributed by atoms with Gasteiger partial charge in [-0.05, 0) is 38.2 Å². The van der Waals surface area contributed by atoms with Crippen molar-refractivity contribution in [2.24, 2.45) is 7.05 Å². The van der Waals surface area contributed by atoms with E-state index in [1.807, 2.05) is 29.3 Å². The molecule has 0 fully saturated rings. The highest BCUT2D eigenvalue weighted by molar-refractivity contribution is 7.71. The molecule has 0 unspecified atom stereocenters. The first-order valence-corrected chi connectivity index (χ1v) is 7.61. The van der Waals surface area contributed by atoms with E-state index in [1.165, 1.54) is 5.56 Å². The van der Waals surface area contributed by atoms with E-state index < -0.39 is 0 Å². The molecule has 0 radical (unpaired) electrons. The summed E-state index contributed by atoms with van der Waals surface area (Å²) in [6.45, 7) is 4.71. The van der Waals surface area contributed by atoms with Crippen molar-refractivity contribution in [3.63, 3.8) is 0 Å². The van der Waals surface area contributed by atoms with Crippen LogP contribution in [-0.4, -0.2) is 19.3 Å². The van der Waals surface area contributed by atoms with Crippen LogP contribution in [0.5, 0.6) is 0 Å². The molecule has 0 atom stereocenters. The summed E-state index contributed by atoms with van der Waals surface area (Å²) in [5.41, 5.74) is 5.13. The predicted molar refractivity (Wildman–Crippen MR) is 88.9 cm³/mol. The fourth-order valence-electron chi connectivity index (χ4n) is 2.51. The average Bonchev–Trinajstić information content (AvgIpc) is 2.83. The number of halogens is 2. The summed E-state index contributed by atoms with van der Waals surface area (Å²) in [5, 5.41) is 5.48. The van der Waals surface area contributed by atoms with Crippen molar-refractivity contribution in [2.45, 2.75) is 20.4 Å². The molecule has 0 saturated carbocycles. The van der Waals surface area contributed by atoms with E-state index in [0.717, 1.165) is 22.4 Å². The number of H-pyrrole nitrogens is 1. The molecular weight excluding hydrogens is 327 g/mol. The lowest BCUT2D eigenvalue weighted by atomic mass is 10.2. The van der Waals surface area contributed by atoms with Crippen LogP contribution in [0.15, 0.2) is 12.1 Å². The minimum absolute atomic E-state index is 0.515. The van der Waals surface area contributed by atoms with Gasteiger partial charge in [0.15, 0.2) is 4.77 Å². The number of nitrogens with one attached hydrogen (secondary N) is 1. The number of hydrogen-bond acceptors (Lipinski definition) is 2. The minimum atomic E-state index is 0.515. The number of imidazole rings is 1. The van der Waals surface area contributed by atoms with Crippen molar-refractivity contribution in [1.29, 1.82) is 0 Å². The van der Waals surface area contributed by atoms with E-state index in [9.17, 15) is 0 Å². The van der Waals surface area contributed by atoms with E-state index in [4.69, 9.17) is 35.4 Å². The van der Waals surface area contributed by atoms with Gasteiger partial charge in [-0.2, -0.15) is 5.10 Å². The van der Waals surface area contributed by atoms with E-state index in [0.29, 0.717) is 21.4 Å². The number of rotatable bonds is 2. The third-order valence-corrected chi connectivity index (χ3v) is 4.84. The third kappa shape index (κ3) is 2.39. The number of benzene rings is 1. The van der Waals surface area contributed by atoms with Gasteiger partial charge in [0.05, 0.1) is 33.3 Å². The molecule has 3 rings (SSSR count). The summed E-state index contributed by atoms with van der Waals surface area (Å²) in [5.74, 6) is 0. The van der Waals surface area contributed by atoms with Crippen LogP contribution in [0.2, 0.25) is 10.0 Å². The van der Waals surface area contributed by atoms with Crippen molar-refractivity contribution in [2.75, 3.05) is 0 Å². The average molecular weight is 341 g/mol. The van der Waals surface area contributed by atoms with Crippen LogP contribution in [-0.2, 0) is 13.6 Å². The lowest BCUT2D eigenvalue weighted by Gasteiger charge is -2.06. The fraction of sp³-hybridized carbons (Fsp3) is 0.286. The van der Waals surface area contributed by atoms with Crippen molar-refractivity contribution in [1.82, 2.24) is 19.3 Å². The zero-order valence-electron chi connectivity index (χ0n) is 11.9. The van der Waals surface area contributed by atoms with Gasteiger partial charge in [0.25, 0.3) is 0 Å². The molecule has 0 aliphatic carbocycles.